The molecule has 102 valence electrons. The van der Waals surface area contributed by atoms with Gasteiger partial charge in [0.15, 0.2) is 0 Å². The normalized spacial score (nSPS) is 12.7. The molecular weight excluding hydrogens is 246 g/mol. The lowest BCUT2D eigenvalue weighted by Gasteiger charge is -2.16. The number of aromatic carboxylic acids is 1. The molecular formula is C13H17N3O3. The van der Waals surface area contributed by atoms with Gasteiger partial charge in [-0.15, -0.1) is 5.10 Å². The van der Waals surface area contributed by atoms with Crippen molar-refractivity contribution in [3.8, 4) is 0 Å². The van der Waals surface area contributed by atoms with Crippen LogP contribution in [0.1, 0.15) is 36.2 Å². The molecule has 0 fully saturated rings. The van der Waals surface area contributed by atoms with E-state index in [2.05, 4.69) is 17.2 Å². The van der Waals surface area contributed by atoms with Gasteiger partial charge in [0.25, 0.3) is 0 Å². The molecule has 1 N–H and O–H groups in total. The van der Waals surface area contributed by atoms with Crippen molar-refractivity contribution in [1.29, 1.82) is 0 Å². The standard InChI is InChI=1S/C13H17N3O3/c1-3-5-9(8-19-2)16-12-10(13(17)18)6-4-7-11(12)14-15-16/h4,6-7,9H,3,5,8H2,1-2H3,(H,17,18). The van der Waals surface area contributed by atoms with E-state index in [4.69, 9.17) is 4.74 Å². The maximum Gasteiger partial charge on any atom is 0.337 e. The minimum absolute atomic E-state index is 0.000463. The summed E-state index contributed by atoms with van der Waals surface area (Å²) in [5.41, 5.74) is 1.38. The van der Waals surface area contributed by atoms with Crippen LogP contribution in [0.5, 0.6) is 0 Å². The maximum atomic E-state index is 11.3. The Labute approximate surface area is 111 Å². The Morgan fingerprint density at radius 1 is 1.53 bits per heavy atom. The summed E-state index contributed by atoms with van der Waals surface area (Å²) >= 11 is 0. The van der Waals surface area contributed by atoms with E-state index in [0.29, 0.717) is 17.6 Å². The Kier molecular flexibility index (Phi) is 4.11. The summed E-state index contributed by atoms with van der Waals surface area (Å²) in [4.78, 5) is 11.3. The minimum atomic E-state index is -0.971. The second kappa shape index (κ2) is 5.79. The van der Waals surface area contributed by atoms with Crippen LogP contribution in [0.4, 0.5) is 0 Å². The molecule has 0 bridgehead atoms. The lowest BCUT2D eigenvalue weighted by Crippen LogP contribution is -2.17. The molecule has 1 atom stereocenters. The minimum Gasteiger partial charge on any atom is -0.478 e. The number of fused-ring (bicyclic) bond motifs is 1. The Bertz CT molecular complexity index is 574. The summed E-state index contributed by atoms with van der Waals surface area (Å²) in [6.07, 6.45) is 1.82. The van der Waals surface area contributed by atoms with E-state index >= 15 is 0 Å². The Morgan fingerprint density at radius 2 is 2.32 bits per heavy atom. The maximum absolute atomic E-state index is 11.3. The van der Waals surface area contributed by atoms with Crippen molar-refractivity contribution in [1.82, 2.24) is 15.0 Å². The molecule has 1 aromatic carbocycles. The molecule has 0 aliphatic heterocycles. The van der Waals surface area contributed by atoms with Gasteiger partial charge in [-0.2, -0.15) is 0 Å². The van der Waals surface area contributed by atoms with Crippen molar-refractivity contribution in [3.63, 3.8) is 0 Å². The molecule has 19 heavy (non-hydrogen) atoms. The third-order valence-electron chi connectivity index (χ3n) is 3.05. The zero-order valence-corrected chi connectivity index (χ0v) is 11.0. The first-order valence-corrected chi connectivity index (χ1v) is 6.25. The number of methoxy groups -OCH3 is 1. The molecule has 2 rings (SSSR count). The molecule has 0 aliphatic rings. The molecule has 2 aromatic rings. The van der Waals surface area contributed by atoms with Crippen molar-refractivity contribution in [3.05, 3.63) is 23.8 Å². The van der Waals surface area contributed by atoms with E-state index < -0.39 is 5.97 Å². The summed E-state index contributed by atoms with van der Waals surface area (Å²) in [6.45, 7) is 2.56. The summed E-state index contributed by atoms with van der Waals surface area (Å²) < 4.78 is 6.87. The molecule has 0 aliphatic carbocycles. The average molecular weight is 263 g/mol. The zero-order valence-electron chi connectivity index (χ0n) is 11.0. The largest absolute Gasteiger partial charge is 0.478 e. The second-order valence-electron chi connectivity index (χ2n) is 4.41. The first kappa shape index (κ1) is 13.5. The van der Waals surface area contributed by atoms with Gasteiger partial charge in [0.1, 0.15) is 11.0 Å². The van der Waals surface area contributed by atoms with E-state index in [-0.39, 0.29) is 11.6 Å². The van der Waals surface area contributed by atoms with Gasteiger partial charge in [0, 0.05) is 7.11 Å². The summed E-state index contributed by atoms with van der Waals surface area (Å²) in [5.74, 6) is -0.971. The van der Waals surface area contributed by atoms with Gasteiger partial charge < -0.3 is 9.84 Å². The van der Waals surface area contributed by atoms with Gasteiger partial charge in [0.05, 0.1) is 18.2 Å². The number of hydrogen-bond donors (Lipinski definition) is 1. The highest BCUT2D eigenvalue weighted by molar-refractivity contribution is 6.00. The van der Waals surface area contributed by atoms with E-state index in [9.17, 15) is 9.90 Å². The SMILES string of the molecule is CCCC(COC)n1nnc2cccc(C(=O)O)c21. The van der Waals surface area contributed by atoms with Crippen LogP contribution >= 0.6 is 0 Å². The highest BCUT2D eigenvalue weighted by Crippen LogP contribution is 2.23. The number of carbonyl (C=O) groups is 1. The van der Waals surface area contributed by atoms with Gasteiger partial charge in [-0.25, -0.2) is 9.48 Å². The fraction of sp³-hybridized carbons (Fsp3) is 0.462. The van der Waals surface area contributed by atoms with Crippen LogP contribution < -0.4 is 0 Å². The Balaban J connectivity index is 2.56. The molecule has 0 radical (unpaired) electrons. The first-order valence-electron chi connectivity index (χ1n) is 6.25. The zero-order chi connectivity index (χ0) is 13.8. The van der Waals surface area contributed by atoms with Gasteiger partial charge in [-0.3, -0.25) is 0 Å². The van der Waals surface area contributed by atoms with Crippen molar-refractivity contribution in [2.24, 2.45) is 0 Å². The number of benzene rings is 1. The molecule has 0 spiro atoms. The smallest absolute Gasteiger partial charge is 0.337 e. The van der Waals surface area contributed by atoms with Crippen LogP contribution in [0.15, 0.2) is 18.2 Å². The van der Waals surface area contributed by atoms with E-state index in [1.54, 1.807) is 30.0 Å². The monoisotopic (exact) mass is 263 g/mol. The summed E-state index contributed by atoms with van der Waals surface area (Å²) in [5, 5.41) is 17.4. The molecule has 0 saturated carbocycles. The van der Waals surface area contributed by atoms with Crippen LogP contribution in [0.3, 0.4) is 0 Å². The molecule has 1 heterocycles. The fourth-order valence-corrected chi connectivity index (χ4v) is 2.22. The Hall–Kier alpha value is -1.95. The van der Waals surface area contributed by atoms with Crippen molar-refractivity contribution in [2.75, 3.05) is 13.7 Å². The second-order valence-corrected chi connectivity index (χ2v) is 4.41. The number of ether oxygens (including phenoxy) is 1. The third-order valence-corrected chi connectivity index (χ3v) is 3.05. The van der Waals surface area contributed by atoms with Crippen LogP contribution in [0.25, 0.3) is 11.0 Å². The number of nitrogens with zero attached hydrogens (tertiary/aromatic N) is 3. The molecule has 6 nitrogen and oxygen atoms in total. The topological polar surface area (TPSA) is 77.2 Å². The predicted octanol–water partition coefficient (Wildman–Crippen LogP) is 2.12. The van der Waals surface area contributed by atoms with Crippen molar-refractivity contribution >= 4 is 17.0 Å². The van der Waals surface area contributed by atoms with Gasteiger partial charge in [0.2, 0.25) is 0 Å². The van der Waals surface area contributed by atoms with E-state index in [1.165, 1.54) is 0 Å². The number of carboxylic acids is 1. The van der Waals surface area contributed by atoms with E-state index in [0.717, 1.165) is 12.8 Å². The molecule has 0 amide bonds. The van der Waals surface area contributed by atoms with E-state index in [1.807, 2.05) is 0 Å². The predicted molar refractivity (Wildman–Crippen MR) is 70.3 cm³/mol. The summed E-state index contributed by atoms with van der Waals surface area (Å²) in [7, 11) is 1.62. The van der Waals surface area contributed by atoms with Crippen molar-refractivity contribution < 1.29 is 14.6 Å². The number of para-hydroxylation sites is 1. The molecule has 6 heteroatoms. The van der Waals surface area contributed by atoms with Gasteiger partial charge >= 0.3 is 5.97 Å². The lowest BCUT2D eigenvalue weighted by atomic mass is 10.1. The number of carboxylic acid groups (broad SMARTS) is 1. The van der Waals surface area contributed by atoms with Gasteiger partial charge in [-0.1, -0.05) is 24.6 Å². The lowest BCUT2D eigenvalue weighted by molar-refractivity contribution is 0.0698. The quantitative estimate of drug-likeness (QED) is 0.863. The van der Waals surface area contributed by atoms with Crippen LogP contribution in [0.2, 0.25) is 0 Å². The van der Waals surface area contributed by atoms with Crippen LogP contribution in [-0.2, 0) is 4.74 Å². The average Bonchev–Trinajstić information content (AvgIpc) is 2.81. The summed E-state index contributed by atoms with van der Waals surface area (Å²) in [6, 6.07) is 5.01. The van der Waals surface area contributed by atoms with Crippen molar-refractivity contribution in [2.45, 2.75) is 25.8 Å². The number of aromatic nitrogens is 3. The number of hydrogen-bond acceptors (Lipinski definition) is 4. The fourth-order valence-electron chi connectivity index (χ4n) is 2.22. The Morgan fingerprint density at radius 3 is 2.95 bits per heavy atom. The molecule has 1 unspecified atom stereocenters. The molecule has 1 aromatic heterocycles. The highest BCUT2D eigenvalue weighted by atomic mass is 16.5. The van der Waals surface area contributed by atoms with Crippen LogP contribution in [0, 0.1) is 0 Å². The first-order chi connectivity index (χ1) is 9.19. The highest BCUT2D eigenvalue weighted by Gasteiger charge is 2.19. The third kappa shape index (κ3) is 2.58. The number of rotatable bonds is 6. The van der Waals surface area contributed by atoms with Crippen LogP contribution in [-0.4, -0.2) is 39.8 Å². The van der Waals surface area contributed by atoms with Gasteiger partial charge in [-0.05, 0) is 18.6 Å². The molecule has 0 saturated heterocycles.